The Bertz CT molecular complexity index is 455. The van der Waals surface area contributed by atoms with Crippen LogP contribution in [0.5, 0.6) is 0 Å². The summed E-state index contributed by atoms with van der Waals surface area (Å²) in [5, 5.41) is 8.03. The lowest BCUT2D eigenvalue weighted by Crippen LogP contribution is -2.37. The molecule has 1 aliphatic rings. The normalized spacial score (nSPS) is 17.1. The monoisotopic (exact) mass is 307 g/mol. The second kappa shape index (κ2) is 6.53. The number of nitrogens with one attached hydrogen (secondary N) is 2. The zero-order valence-corrected chi connectivity index (χ0v) is 11.6. The fourth-order valence-electron chi connectivity index (χ4n) is 2.10. The minimum absolute atomic E-state index is 0.0479. The van der Waals surface area contributed by atoms with Crippen molar-refractivity contribution in [3.63, 3.8) is 0 Å². The van der Waals surface area contributed by atoms with Crippen molar-refractivity contribution in [3.8, 4) is 0 Å². The quantitative estimate of drug-likeness (QED) is 0.892. The zero-order chi connectivity index (χ0) is 14.6. The van der Waals surface area contributed by atoms with Gasteiger partial charge < -0.3 is 10.6 Å². The second-order valence-electron chi connectivity index (χ2n) is 4.71. The topological polar surface area (TPSA) is 54.0 Å². The summed E-state index contributed by atoms with van der Waals surface area (Å²) in [4.78, 5) is 15.1. The minimum Gasteiger partial charge on any atom is -0.348 e. The smallest absolute Gasteiger partial charge is 0.348 e. The molecule has 1 amide bonds. The molecule has 1 aromatic heterocycles. The molecule has 1 fully saturated rings. The van der Waals surface area contributed by atoms with Crippen LogP contribution in [0, 0.1) is 0 Å². The molecule has 0 aromatic carbocycles. The first-order valence-electron chi connectivity index (χ1n) is 6.47. The summed E-state index contributed by atoms with van der Waals surface area (Å²) in [6.45, 7) is 1.90. The maximum absolute atomic E-state index is 12.0. The average molecular weight is 307 g/mol. The number of piperidine rings is 1. The van der Waals surface area contributed by atoms with Crippen LogP contribution in [0.4, 0.5) is 13.2 Å². The summed E-state index contributed by atoms with van der Waals surface area (Å²) in [6.07, 6.45) is -2.42. The molecular weight excluding hydrogens is 291 g/mol. The van der Waals surface area contributed by atoms with E-state index in [4.69, 9.17) is 0 Å². The van der Waals surface area contributed by atoms with Gasteiger partial charge in [0.05, 0.1) is 10.7 Å². The van der Waals surface area contributed by atoms with Crippen molar-refractivity contribution in [2.24, 2.45) is 0 Å². The molecule has 1 saturated heterocycles. The maximum atomic E-state index is 12.0. The summed E-state index contributed by atoms with van der Waals surface area (Å²) < 4.78 is 36.0. The van der Waals surface area contributed by atoms with Gasteiger partial charge in [0.2, 0.25) is 0 Å². The van der Waals surface area contributed by atoms with Crippen molar-refractivity contribution in [2.75, 3.05) is 19.6 Å². The molecule has 0 unspecified atom stereocenters. The van der Waals surface area contributed by atoms with Gasteiger partial charge in [-0.2, -0.15) is 13.2 Å². The number of hydrogen-bond acceptors (Lipinski definition) is 4. The molecule has 0 aliphatic carbocycles. The van der Waals surface area contributed by atoms with Crippen LogP contribution in [0.25, 0.3) is 0 Å². The van der Waals surface area contributed by atoms with Gasteiger partial charge in [-0.3, -0.25) is 4.79 Å². The van der Waals surface area contributed by atoms with E-state index in [-0.39, 0.29) is 6.54 Å². The van der Waals surface area contributed by atoms with E-state index in [0.717, 1.165) is 36.6 Å². The first-order chi connectivity index (χ1) is 9.47. The molecule has 112 valence electrons. The van der Waals surface area contributed by atoms with Gasteiger partial charge in [-0.15, -0.1) is 11.3 Å². The Morgan fingerprint density at radius 1 is 1.45 bits per heavy atom. The van der Waals surface area contributed by atoms with Gasteiger partial charge in [0.15, 0.2) is 0 Å². The molecular formula is C12H16F3N3OS. The fourth-order valence-corrected chi connectivity index (χ4v) is 3.12. The van der Waals surface area contributed by atoms with E-state index in [9.17, 15) is 18.0 Å². The number of aromatic nitrogens is 1. The number of hydrogen-bond donors (Lipinski definition) is 2. The van der Waals surface area contributed by atoms with Gasteiger partial charge in [0.1, 0.15) is 0 Å². The molecule has 0 spiro atoms. The number of alkyl halides is 3. The van der Waals surface area contributed by atoms with Crippen LogP contribution >= 0.6 is 11.3 Å². The lowest BCUT2D eigenvalue weighted by molar-refractivity contribution is -0.173. The zero-order valence-electron chi connectivity index (χ0n) is 10.8. The lowest BCUT2D eigenvalue weighted by atomic mass is 9.99. The minimum atomic E-state index is -4.82. The van der Waals surface area contributed by atoms with Crippen LogP contribution in [-0.4, -0.2) is 36.7 Å². The first-order valence-corrected chi connectivity index (χ1v) is 7.35. The molecule has 0 bridgehead atoms. The Kier molecular flexibility index (Phi) is 4.98. The predicted molar refractivity (Wildman–Crippen MR) is 69.7 cm³/mol. The van der Waals surface area contributed by atoms with Gasteiger partial charge in [-0.05, 0) is 25.9 Å². The largest absolute Gasteiger partial charge is 0.471 e. The Morgan fingerprint density at radius 3 is 2.80 bits per heavy atom. The summed E-state index contributed by atoms with van der Waals surface area (Å²) in [5.74, 6) is -1.45. The summed E-state index contributed by atoms with van der Waals surface area (Å²) in [5.41, 5.74) is 0.742. The molecule has 2 N–H and O–H groups in total. The molecule has 1 aliphatic heterocycles. The van der Waals surface area contributed by atoms with Gasteiger partial charge in [0, 0.05) is 24.3 Å². The van der Waals surface area contributed by atoms with Crippen molar-refractivity contribution in [1.29, 1.82) is 0 Å². The van der Waals surface area contributed by atoms with E-state index < -0.39 is 12.1 Å². The van der Waals surface area contributed by atoms with Gasteiger partial charge in [-0.1, -0.05) is 0 Å². The first kappa shape index (κ1) is 15.2. The summed E-state index contributed by atoms with van der Waals surface area (Å²) in [7, 11) is 0. The van der Waals surface area contributed by atoms with Crippen molar-refractivity contribution < 1.29 is 18.0 Å². The van der Waals surface area contributed by atoms with Crippen molar-refractivity contribution in [3.05, 3.63) is 16.1 Å². The standard InChI is InChI=1S/C12H16F3N3OS/c13-12(14,15)11(19)17-6-3-9-7-20-10(18-9)8-1-4-16-5-2-8/h7-8,16H,1-6H2,(H,17,19). The molecule has 8 heteroatoms. The number of halogens is 3. The Hall–Kier alpha value is -1.15. The Balaban J connectivity index is 1.79. The van der Waals surface area contributed by atoms with E-state index in [1.807, 2.05) is 10.7 Å². The Labute approximate surface area is 118 Å². The van der Waals surface area contributed by atoms with E-state index >= 15 is 0 Å². The Morgan fingerprint density at radius 2 is 2.15 bits per heavy atom. The second-order valence-corrected chi connectivity index (χ2v) is 5.59. The summed E-state index contributed by atoms with van der Waals surface area (Å²) in [6, 6.07) is 0. The van der Waals surface area contributed by atoms with E-state index in [0.29, 0.717) is 12.3 Å². The average Bonchev–Trinajstić information content (AvgIpc) is 2.87. The maximum Gasteiger partial charge on any atom is 0.471 e. The molecule has 2 heterocycles. The van der Waals surface area contributed by atoms with E-state index in [2.05, 4.69) is 10.3 Å². The van der Waals surface area contributed by atoms with Crippen LogP contribution in [0.1, 0.15) is 29.5 Å². The number of amides is 1. The fraction of sp³-hybridized carbons (Fsp3) is 0.667. The van der Waals surface area contributed by atoms with Crippen LogP contribution < -0.4 is 10.6 Å². The highest BCUT2D eigenvalue weighted by Crippen LogP contribution is 2.27. The third-order valence-electron chi connectivity index (χ3n) is 3.18. The van der Waals surface area contributed by atoms with Crippen LogP contribution in [0.2, 0.25) is 0 Å². The predicted octanol–water partition coefficient (Wildman–Crippen LogP) is 1.83. The van der Waals surface area contributed by atoms with E-state index in [1.54, 1.807) is 11.3 Å². The third kappa shape index (κ3) is 4.17. The SMILES string of the molecule is O=C(NCCc1csc(C2CCNCC2)n1)C(F)(F)F. The molecule has 1 aromatic rings. The van der Waals surface area contributed by atoms with Crippen molar-refractivity contribution in [2.45, 2.75) is 31.4 Å². The van der Waals surface area contributed by atoms with Gasteiger partial charge in [-0.25, -0.2) is 4.98 Å². The number of rotatable bonds is 4. The van der Waals surface area contributed by atoms with Crippen LogP contribution in [0.3, 0.4) is 0 Å². The molecule has 0 atom stereocenters. The third-order valence-corrected chi connectivity index (χ3v) is 4.24. The van der Waals surface area contributed by atoms with Crippen molar-refractivity contribution >= 4 is 17.2 Å². The number of nitrogens with zero attached hydrogens (tertiary/aromatic N) is 1. The molecule has 0 radical (unpaired) electrons. The summed E-state index contributed by atoms with van der Waals surface area (Å²) >= 11 is 1.55. The molecule has 2 rings (SSSR count). The van der Waals surface area contributed by atoms with E-state index in [1.165, 1.54) is 0 Å². The lowest BCUT2D eigenvalue weighted by Gasteiger charge is -2.20. The van der Waals surface area contributed by atoms with Crippen LogP contribution in [0.15, 0.2) is 5.38 Å². The highest BCUT2D eigenvalue weighted by molar-refractivity contribution is 7.09. The van der Waals surface area contributed by atoms with Crippen molar-refractivity contribution in [1.82, 2.24) is 15.6 Å². The highest BCUT2D eigenvalue weighted by atomic mass is 32.1. The number of thiazole rings is 1. The highest BCUT2D eigenvalue weighted by Gasteiger charge is 2.38. The van der Waals surface area contributed by atoms with Gasteiger partial charge >= 0.3 is 12.1 Å². The molecule has 20 heavy (non-hydrogen) atoms. The number of carbonyl (C=O) groups is 1. The number of carbonyl (C=O) groups excluding carboxylic acids is 1. The molecule has 4 nitrogen and oxygen atoms in total. The molecule has 0 saturated carbocycles. The van der Waals surface area contributed by atoms with Gasteiger partial charge in [0.25, 0.3) is 0 Å². The van der Waals surface area contributed by atoms with Crippen LogP contribution in [-0.2, 0) is 11.2 Å².